The molecule has 2 aliphatic rings. The maximum atomic E-state index is 10.7. The first-order valence-electron chi connectivity index (χ1n) is 7.27. The Hall–Kier alpha value is -1.12. The van der Waals surface area contributed by atoms with E-state index in [4.69, 9.17) is 0 Å². The van der Waals surface area contributed by atoms with E-state index >= 15 is 0 Å². The van der Waals surface area contributed by atoms with Crippen LogP contribution in [0.5, 0.6) is 0 Å². The number of halogens is 1. The van der Waals surface area contributed by atoms with Gasteiger partial charge in [-0.15, -0.1) is 0 Å². The monoisotopic (exact) mass is 328 g/mol. The van der Waals surface area contributed by atoms with Crippen molar-refractivity contribution in [2.45, 2.75) is 24.9 Å². The van der Waals surface area contributed by atoms with Gasteiger partial charge >= 0.3 is 0 Å². The molecule has 1 N–H and O–H groups in total. The molecule has 0 spiro atoms. The molecule has 1 nitrogen and oxygen atoms in total. The minimum absolute atomic E-state index is 0.329. The van der Waals surface area contributed by atoms with Crippen LogP contribution in [0.15, 0.2) is 53.0 Å². The molecule has 0 amide bonds. The number of aliphatic hydroxyl groups excluding tert-OH is 1. The minimum atomic E-state index is -0.329. The number of hydrogen-bond donors (Lipinski definition) is 1. The second kappa shape index (κ2) is 4.71. The highest BCUT2D eigenvalue weighted by atomic mass is 79.9. The fourth-order valence-electron chi connectivity index (χ4n) is 3.93. The minimum Gasteiger partial charge on any atom is -0.388 e. The van der Waals surface area contributed by atoms with E-state index in [1.54, 1.807) is 0 Å². The average molecular weight is 329 g/mol. The third-order valence-corrected chi connectivity index (χ3v) is 5.50. The van der Waals surface area contributed by atoms with Gasteiger partial charge in [0.25, 0.3) is 0 Å². The fraction of sp³-hybridized carbons (Fsp3) is 0.333. The van der Waals surface area contributed by atoms with Gasteiger partial charge in [-0.2, -0.15) is 0 Å². The topological polar surface area (TPSA) is 20.2 Å². The number of aliphatic hydroxyl groups is 1. The summed E-state index contributed by atoms with van der Waals surface area (Å²) >= 11 is 3.45. The lowest BCUT2D eigenvalue weighted by Crippen LogP contribution is -2.01. The third kappa shape index (κ3) is 1.94. The Morgan fingerprint density at radius 2 is 1.80 bits per heavy atom. The molecule has 0 aliphatic heterocycles. The summed E-state index contributed by atoms with van der Waals surface area (Å²) < 4.78 is 1.06. The predicted molar refractivity (Wildman–Crippen MR) is 83.6 cm³/mol. The van der Waals surface area contributed by atoms with Crippen LogP contribution in [0, 0.1) is 11.8 Å². The summed E-state index contributed by atoms with van der Waals surface area (Å²) in [6.07, 6.45) is 2.06. The SMILES string of the molecule is OC(c1ccc(Br)cc1)C1C2CCc3ccccc3C21. The molecule has 1 saturated carbocycles. The standard InChI is InChI=1S/C18H17BrO/c19-13-8-5-12(6-9-13)18(20)17-15-10-7-11-3-1-2-4-14(11)16(15)17/h1-6,8-9,15-18,20H,7,10H2. The lowest BCUT2D eigenvalue weighted by Gasteiger charge is -2.13. The van der Waals surface area contributed by atoms with Crippen LogP contribution in [-0.4, -0.2) is 5.11 Å². The molecule has 0 radical (unpaired) electrons. The van der Waals surface area contributed by atoms with Crippen LogP contribution in [0.3, 0.4) is 0 Å². The molecule has 20 heavy (non-hydrogen) atoms. The normalized spacial score (nSPS) is 28.4. The van der Waals surface area contributed by atoms with E-state index in [0.29, 0.717) is 17.8 Å². The largest absolute Gasteiger partial charge is 0.388 e. The van der Waals surface area contributed by atoms with E-state index in [1.807, 2.05) is 24.3 Å². The highest BCUT2D eigenvalue weighted by molar-refractivity contribution is 9.10. The van der Waals surface area contributed by atoms with Crippen molar-refractivity contribution in [1.82, 2.24) is 0 Å². The van der Waals surface area contributed by atoms with E-state index < -0.39 is 0 Å². The highest BCUT2D eigenvalue weighted by Crippen LogP contribution is 2.64. The summed E-state index contributed by atoms with van der Waals surface area (Å²) in [6.45, 7) is 0. The zero-order chi connectivity index (χ0) is 13.7. The Balaban J connectivity index is 1.62. The van der Waals surface area contributed by atoms with Gasteiger partial charge in [-0.25, -0.2) is 0 Å². The number of aryl methyl sites for hydroxylation is 1. The van der Waals surface area contributed by atoms with Crippen molar-refractivity contribution in [2.24, 2.45) is 11.8 Å². The fourth-order valence-corrected chi connectivity index (χ4v) is 4.20. The average Bonchev–Trinajstić information content (AvgIpc) is 3.22. The first-order chi connectivity index (χ1) is 9.75. The van der Waals surface area contributed by atoms with Gasteiger partial charge in [0.05, 0.1) is 6.10 Å². The summed E-state index contributed by atoms with van der Waals surface area (Å²) in [6, 6.07) is 16.8. The Morgan fingerprint density at radius 1 is 1.05 bits per heavy atom. The smallest absolute Gasteiger partial charge is 0.0827 e. The Morgan fingerprint density at radius 3 is 2.60 bits per heavy atom. The van der Waals surface area contributed by atoms with Gasteiger partial charge < -0.3 is 5.11 Å². The zero-order valence-corrected chi connectivity index (χ0v) is 12.8. The molecule has 2 heteroatoms. The number of benzene rings is 2. The van der Waals surface area contributed by atoms with Crippen molar-refractivity contribution in [3.05, 3.63) is 69.7 Å². The molecule has 0 saturated heterocycles. The van der Waals surface area contributed by atoms with Gasteiger partial charge in [-0.1, -0.05) is 52.3 Å². The van der Waals surface area contributed by atoms with Gasteiger partial charge in [-0.05, 0) is 59.4 Å². The van der Waals surface area contributed by atoms with E-state index in [0.717, 1.165) is 10.0 Å². The van der Waals surface area contributed by atoms with Crippen molar-refractivity contribution in [3.8, 4) is 0 Å². The van der Waals surface area contributed by atoms with Crippen molar-refractivity contribution >= 4 is 15.9 Å². The molecule has 1 fully saturated rings. The zero-order valence-electron chi connectivity index (χ0n) is 11.2. The Kier molecular flexibility index (Phi) is 2.97. The van der Waals surface area contributed by atoms with Crippen LogP contribution >= 0.6 is 15.9 Å². The lowest BCUT2D eigenvalue weighted by molar-refractivity contribution is 0.145. The first-order valence-corrected chi connectivity index (χ1v) is 8.06. The van der Waals surface area contributed by atoms with E-state index in [1.165, 1.54) is 24.0 Å². The molecule has 2 aromatic carbocycles. The van der Waals surface area contributed by atoms with Gasteiger partial charge in [-0.3, -0.25) is 0 Å². The molecule has 4 rings (SSSR count). The molecular weight excluding hydrogens is 312 g/mol. The number of fused-ring (bicyclic) bond motifs is 3. The second-order valence-electron chi connectivity index (χ2n) is 6.00. The Bertz CT molecular complexity index is 634. The molecule has 2 aromatic rings. The second-order valence-corrected chi connectivity index (χ2v) is 6.92. The van der Waals surface area contributed by atoms with Crippen LogP contribution in [-0.2, 0) is 6.42 Å². The molecule has 4 unspecified atom stereocenters. The van der Waals surface area contributed by atoms with Crippen LogP contribution < -0.4 is 0 Å². The van der Waals surface area contributed by atoms with E-state index in [-0.39, 0.29) is 6.10 Å². The summed E-state index contributed by atoms with van der Waals surface area (Å²) in [5, 5.41) is 10.7. The van der Waals surface area contributed by atoms with Crippen LogP contribution in [0.4, 0.5) is 0 Å². The van der Waals surface area contributed by atoms with Gasteiger partial charge in [0.2, 0.25) is 0 Å². The predicted octanol–water partition coefficient (Wildman–Crippen LogP) is 4.46. The molecule has 0 bridgehead atoms. The van der Waals surface area contributed by atoms with Gasteiger partial charge in [0.15, 0.2) is 0 Å². The molecule has 0 aromatic heterocycles. The summed E-state index contributed by atoms with van der Waals surface area (Å²) in [4.78, 5) is 0. The first kappa shape index (κ1) is 12.6. The molecule has 0 heterocycles. The molecular formula is C18H17BrO. The number of rotatable bonds is 2. The summed E-state index contributed by atoms with van der Waals surface area (Å²) in [7, 11) is 0. The van der Waals surface area contributed by atoms with Crippen molar-refractivity contribution in [3.63, 3.8) is 0 Å². The van der Waals surface area contributed by atoms with Crippen molar-refractivity contribution in [1.29, 1.82) is 0 Å². The molecule has 4 atom stereocenters. The summed E-state index contributed by atoms with van der Waals surface area (Å²) in [5.74, 6) is 1.64. The van der Waals surface area contributed by atoms with Gasteiger partial charge in [0.1, 0.15) is 0 Å². The number of hydrogen-bond acceptors (Lipinski definition) is 1. The maximum Gasteiger partial charge on any atom is 0.0827 e. The van der Waals surface area contributed by atoms with Crippen LogP contribution in [0.2, 0.25) is 0 Å². The quantitative estimate of drug-likeness (QED) is 0.862. The molecule has 2 aliphatic carbocycles. The van der Waals surface area contributed by atoms with Crippen LogP contribution in [0.25, 0.3) is 0 Å². The van der Waals surface area contributed by atoms with E-state index in [2.05, 4.69) is 40.2 Å². The molecule has 102 valence electrons. The maximum absolute atomic E-state index is 10.7. The third-order valence-electron chi connectivity index (χ3n) is 4.97. The van der Waals surface area contributed by atoms with Crippen LogP contribution in [0.1, 0.15) is 35.1 Å². The Labute approximate surface area is 127 Å². The van der Waals surface area contributed by atoms with Crippen molar-refractivity contribution < 1.29 is 5.11 Å². The van der Waals surface area contributed by atoms with Crippen molar-refractivity contribution in [2.75, 3.05) is 0 Å². The lowest BCUT2D eigenvalue weighted by atomic mass is 9.92. The van der Waals surface area contributed by atoms with Gasteiger partial charge in [0, 0.05) is 4.47 Å². The van der Waals surface area contributed by atoms with E-state index in [9.17, 15) is 5.11 Å². The summed E-state index contributed by atoms with van der Waals surface area (Å²) in [5.41, 5.74) is 4.01. The highest BCUT2D eigenvalue weighted by Gasteiger charge is 2.56.